The van der Waals surface area contributed by atoms with Crippen molar-refractivity contribution in [1.29, 1.82) is 0 Å². The summed E-state index contributed by atoms with van der Waals surface area (Å²) < 4.78 is 1.92. The number of rotatable bonds is 3. The first-order valence-corrected chi connectivity index (χ1v) is 7.69. The second-order valence-corrected chi connectivity index (χ2v) is 6.01. The highest BCUT2D eigenvalue weighted by atomic mass is 32.2. The predicted octanol–water partition coefficient (Wildman–Crippen LogP) is 0.718. The van der Waals surface area contributed by atoms with E-state index in [1.165, 1.54) is 12.2 Å². The summed E-state index contributed by atoms with van der Waals surface area (Å²) >= 11 is 2.06. The van der Waals surface area contributed by atoms with Gasteiger partial charge in [-0.1, -0.05) is 6.92 Å². The van der Waals surface area contributed by atoms with Crippen molar-refractivity contribution >= 4 is 17.7 Å². The highest BCUT2D eigenvalue weighted by Crippen LogP contribution is 2.20. The molecular formula is C12H22N6S. The van der Waals surface area contributed by atoms with Gasteiger partial charge >= 0.3 is 0 Å². The number of nitrogens with zero attached hydrogens (tertiary/aromatic N) is 5. The van der Waals surface area contributed by atoms with E-state index in [-0.39, 0.29) is 0 Å². The lowest BCUT2D eigenvalue weighted by Gasteiger charge is -2.34. The Kier molecular flexibility index (Phi) is 5.07. The van der Waals surface area contributed by atoms with E-state index in [1.54, 1.807) is 6.33 Å². The van der Waals surface area contributed by atoms with E-state index in [4.69, 9.17) is 0 Å². The van der Waals surface area contributed by atoms with Crippen LogP contribution < -0.4 is 5.32 Å². The van der Waals surface area contributed by atoms with Gasteiger partial charge in [0, 0.05) is 38.2 Å². The molecule has 0 amide bonds. The second kappa shape index (κ2) is 6.79. The third kappa shape index (κ3) is 3.62. The van der Waals surface area contributed by atoms with E-state index in [1.807, 2.05) is 18.7 Å². The number of aryl methyl sites for hydroxylation is 1. The van der Waals surface area contributed by atoms with E-state index in [9.17, 15) is 0 Å². The van der Waals surface area contributed by atoms with Gasteiger partial charge in [-0.25, -0.2) is 0 Å². The molecule has 0 spiro atoms. The molecule has 0 aliphatic carbocycles. The maximum absolute atomic E-state index is 4.37. The van der Waals surface area contributed by atoms with Gasteiger partial charge in [-0.15, -0.1) is 10.2 Å². The van der Waals surface area contributed by atoms with Crippen LogP contribution in [0.3, 0.4) is 0 Å². The van der Waals surface area contributed by atoms with Gasteiger partial charge in [0.15, 0.2) is 11.8 Å². The van der Waals surface area contributed by atoms with Crippen molar-refractivity contribution < 1.29 is 0 Å². The fraction of sp³-hybridized carbons (Fsp3) is 0.750. The van der Waals surface area contributed by atoms with Crippen molar-refractivity contribution in [2.24, 2.45) is 12.0 Å². The molecule has 1 aromatic heterocycles. The summed E-state index contributed by atoms with van der Waals surface area (Å²) in [6, 6.07) is 0. The Balaban J connectivity index is 1.91. The molecule has 1 aromatic rings. The lowest BCUT2D eigenvalue weighted by Crippen LogP contribution is -2.47. The average molecular weight is 282 g/mol. The Hall–Kier alpha value is -1.24. The third-order valence-corrected chi connectivity index (χ3v) is 4.69. The van der Waals surface area contributed by atoms with E-state index >= 15 is 0 Å². The minimum atomic E-state index is 0.656. The zero-order valence-corrected chi connectivity index (χ0v) is 12.7. The van der Waals surface area contributed by atoms with Crippen LogP contribution in [-0.4, -0.2) is 56.8 Å². The SMILES string of the molecule is CCC1CN(C(=NC)NCc2nncn2C)CCS1. The maximum atomic E-state index is 4.37. The van der Waals surface area contributed by atoms with Gasteiger partial charge in [-0.3, -0.25) is 4.99 Å². The van der Waals surface area contributed by atoms with E-state index in [0.29, 0.717) is 11.8 Å². The molecule has 0 saturated carbocycles. The number of aromatic nitrogens is 3. The lowest BCUT2D eigenvalue weighted by molar-refractivity contribution is 0.407. The normalized spacial score (nSPS) is 20.7. The smallest absolute Gasteiger partial charge is 0.194 e. The number of hydrogen-bond donors (Lipinski definition) is 1. The first-order chi connectivity index (χ1) is 9.24. The minimum absolute atomic E-state index is 0.656. The summed E-state index contributed by atoms with van der Waals surface area (Å²) in [5.74, 6) is 3.05. The van der Waals surface area contributed by atoms with Crippen LogP contribution in [0.2, 0.25) is 0 Å². The van der Waals surface area contributed by atoms with Crippen molar-refractivity contribution in [3.8, 4) is 0 Å². The maximum Gasteiger partial charge on any atom is 0.194 e. The summed E-state index contributed by atoms with van der Waals surface area (Å²) in [4.78, 5) is 6.71. The van der Waals surface area contributed by atoms with Crippen molar-refractivity contribution in [2.75, 3.05) is 25.9 Å². The summed E-state index contributed by atoms with van der Waals surface area (Å²) in [6.45, 7) is 5.03. The molecule has 6 nitrogen and oxygen atoms in total. The summed E-state index contributed by atoms with van der Waals surface area (Å²) in [6.07, 6.45) is 2.92. The highest BCUT2D eigenvalue weighted by Gasteiger charge is 2.21. The number of thioether (sulfide) groups is 1. The van der Waals surface area contributed by atoms with Gasteiger partial charge in [0.05, 0.1) is 6.54 Å². The van der Waals surface area contributed by atoms with Crippen molar-refractivity contribution in [2.45, 2.75) is 25.1 Å². The lowest BCUT2D eigenvalue weighted by atomic mass is 10.3. The Morgan fingerprint density at radius 1 is 1.63 bits per heavy atom. The van der Waals surface area contributed by atoms with Gasteiger partial charge in [0.25, 0.3) is 0 Å². The fourth-order valence-electron chi connectivity index (χ4n) is 2.12. The topological polar surface area (TPSA) is 58.3 Å². The van der Waals surface area contributed by atoms with Gasteiger partial charge in [-0.2, -0.15) is 11.8 Å². The summed E-state index contributed by atoms with van der Waals surface area (Å²) in [7, 11) is 3.78. The van der Waals surface area contributed by atoms with Crippen LogP contribution in [0, 0.1) is 0 Å². The highest BCUT2D eigenvalue weighted by molar-refractivity contribution is 8.00. The van der Waals surface area contributed by atoms with E-state index in [2.05, 4.69) is 44.1 Å². The molecule has 106 valence electrons. The van der Waals surface area contributed by atoms with Crippen LogP contribution in [0.5, 0.6) is 0 Å². The molecule has 19 heavy (non-hydrogen) atoms. The van der Waals surface area contributed by atoms with Crippen molar-refractivity contribution in [3.63, 3.8) is 0 Å². The van der Waals surface area contributed by atoms with Gasteiger partial charge in [0.1, 0.15) is 6.33 Å². The zero-order chi connectivity index (χ0) is 13.7. The van der Waals surface area contributed by atoms with Crippen LogP contribution >= 0.6 is 11.8 Å². The van der Waals surface area contributed by atoms with Gasteiger partial charge in [0.2, 0.25) is 0 Å². The van der Waals surface area contributed by atoms with E-state index < -0.39 is 0 Å². The largest absolute Gasteiger partial charge is 0.349 e. The monoisotopic (exact) mass is 282 g/mol. The molecule has 2 heterocycles. The van der Waals surface area contributed by atoms with Crippen LogP contribution in [0.4, 0.5) is 0 Å². The molecule has 1 saturated heterocycles. The average Bonchev–Trinajstić information content (AvgIpc) is 2.85. The molecule has 1 unspecified atom stereocenters. The van der Waals surface area contributed by atoms with Crippen molar-refractivity contribution in [3.05, 3.63) is 12.2 Å². The zero-order valence-electron chi connectivity index (χ0n) is 11.8. The Labute approximate surface area is 118 Å². The number of aliphatic imine (C=N–C) groups is 1. The fourth-order valence-corrected chi connectivity index (χ4v) is 3.30. The quantitative estimate of drug-likeness (QED) is 0.654. The molecule has 1 N–H and O–H groups in total. The van der Waals surface area contributed by atoms with Crippen LogP contribution in [0.1, 0.15) is 19.2 Å². The van der Waals surface area contributed by atoms with Crippen LogP contribution in [0.15, 0.2) is 11.3 Å². The number of hydrogen-bond acceptors (Lipinski definition) is 4. The Bertz CT molecular complexity index is 430. The molecule has 0 bridgehead atoms. The molecule has 1 aliphatic rings. The molecule has 1 fully saturated rings. The second-order valence-electron chi connectivity index (χ2n) is 4.61. The number of nitrogens with one attached hydrogen (secondary N) is 1. The molecular weight excluding hydrogens is 260 g/mol. The molecule has 1 atom stereocenters. The Morgan fingerprint density at radius 2 is 2.47 bits per heavy atom. The standard InChI is InChI=1S/C12H22N6S/c1-4-10-8-18(5-6-19-10)12(13-2)14-7-11-16-15-9-17(11)3/h9-10H,4-8H2,1-3H3,(H,13,14). The predicted molar refractivity (Wildman–Crippen MR) is 79.3 cm³/mol. The molecule has 1 aliphatic heterocycles. The molecule has 2 rings (SSSR count). The summed E-state index contributed by atoms with van der Waals surface area (Å²) in [5.41, 5.74) is 0. The van der Waals surface area contributed by atoms with Gasteiger partial charge in [-0.05, 0) is 6.42 Å². The molecule has 7 heteroatoms. The van der Waals surface area contributed by atoms with E-state index in [0.717, 1.165) is 24.9 Å². The van der Waals surface area contributed by atoms with Crippen LogP contribution in [-0.2, 0) is 13.6 Å². The third-order valence-electron chi connectivity index (χ3n) is 3.32. The van der Waals surface area contributed by atoms with Gasteiger partial charge < -0.3 is 14.8 Å². The summed E-state index contributed by atoms with van der Waals surface area (Å²) in [5, 5.41) is 12.0. The molecule has 0 radical (unpaired) electrons. The first-order valence-electron chi connectivity index (χ1n) is 6.64. The van der Waals surface area contributed by atoms with Crippen molar-refractivity contribution in [1.82, 2.24) is 25.0 Å². The Morgan fingerprint density at radius 3 is 3.11 bits per heavy atom. The molecule has 0 aromatic carbocycles. The number of guanidine groups is 1. The first kappa shape index (κ1) is 14.2. The van der Waals surface area contributed by atoms with Crippen LogP contribution in [0.25, 0.3) is 0 Å². The minimum Gasteiger partial charge on any atom is -0.349 e.